The third-order valence-corrected chi connectivity index (χ3v) is 2.00. The van der Waals surface area contributed by atoms with Gasteiger partial charge < -0.3 is 10.1 Å². The molecular formula is C12H13ClFNO2. The second-order valence-electron chi connectivity index (χ2n) is 3.35. The summed E-state index contributed by atoms with van der Waals surface area (Å²) in [7, 11) is 0. The molecule has 0 radical (unpaired) electrons. The zero-order valence-electron chi connectivity index (χ0n) is 9.21. The quantitative estimate of drug-likeness (QED) is 0.850. The van der Waals surface area contributed by atoms with Crippen LogP contribution in [-0.4, -0.2) is 19.1 Å². The Morgan fingerprint density at radius 3 is 2.94 bits per heavy atom. The van der Waals surface area contributed by atoms with E-state index in [4.69, 9.17) is 16.3 Å². The summed E-state index contributed by atoms with van der Waals surface area (Å²) < 4.78 is 18.0. The molecule has 0 bridgehead atoms. The highest BCUT2D eigenvalue weighted by Gasteiger charge is 2.02. The highest BCUT2D eigenvalue weighted by atomic mass is 35.5. The highest BCUT2D eigenvalue weighted by molar-refractivity contribution is 6.29. The van der Waals surface area contributed by atoms with E-state index in [0.29, 0.717) is 10.8 Å². The monoisotopic (exact) mass is 257 g/mol. The Hall–Kier alpha value is -1.55. The number of carbonyl (C=O) groups excluding carboxylic acids is 1. The van der Waals surface area contributed by atoms with E-state index >= 15 is 0 Å². The maximum atomic E-state index is 12.8. The zero-order chi connectivity index (χ0) is 12.7. The third-order valence-electron chi connectivity index (χ3n) is 1.87. The van der Waals surface area contributed by atoms with Crippen LogP contribution in [0.1, 0.15) is 6.42 Å². The van der Waals surface area contributed by atoms with Crippen LogP contribution >= 0.6 is 11.6 Å². The van der Waals surface area contributed by atoms with Crippen LogP contribution in [0.5, 0.6) is 5.75 Å². The van der Waals surface area contributed by atoms with Crippen molar-refractivity contribution in [1.82, 2.24) is 5.32 Å². The summed E-state index contributed by atoms with van der Waals surface area (Å²) in [5.74, 6) is -0.159. The van der Waals surface area contributed by atoms with Gasteiger partial charge in [-0.3, -0.25) is 4.79 Å². The Balaban J connectivity index is 2.23. The molecule has 0 fully saturated rings. The topological polar surface area (TPSA) is 38.3 Å². The van der Waals surface area contributed by atoms with Crippen LogP contribution in [0.4, 0.5) is 4.39 Å². The lowest BCUT2D eigenvalue weighted by Gasteiger charge is -2.06. The smallest absolute Gasteiger partial charge is 0.223 e. The molecular weight excluding hydrogens is 245 g/mol. The van der Waals surface area contributed by atoms with E-state index in [2.05, 4.69) is 11.9 Å². The fourth-order valence-corrected chi connectivity index (χ4v) is 1.17. The van der Waals surface area contributed by atoms with Gasteiger partial charge in [0.05, 0.1) is 19.6 Å². The molecule has 3 nitrogen and oxygen atoms in total. The van der Waals surface area contributed by atoms with Crippen LogP contribution in [0.2, 0.25) is 0 Å². The van der Waals surface area contributed by atoms with Gasteiger partial charge >= 0.3 is 0 Å². The minimum absolute atomic E-state index is 0.181. The lowest BCUT2D eigenvalue weighted by Crippen LogP contribution is -2.25. The number of benzene rings is 1. The van der Waals surface area contributed by atoms with Crippen molar-refractivity contribution in [2.24, 2.45) is 0 Å². The normalized spacial score (nSPS) is 9.76. The van der Waals surface area contributed by atoms with Gasteiger partial charge in [0.25, 0.3) is 0 Å². The lowest BCUT2D eigenvalue weighted by atomic mass is 10.3. The minimum atomic E-state index is -0.370. The number of nitrogens with one attached hydrogen (secondary N) is 1. The van der Waals surface area contributed by atoms with E-state index < -0.39 is 0 Å². The van der Waals surface area contributed by atoms with Gasteiger partial charge in [0.2, 0.25) is 5.91 Å². The fourth-order valence-electron chi connectivity index (χ4n) is 1.10. The average molecular weight is 258 g/mol. The van der Waals surface area contributed by atoms with Crippen LogP contribution in [-0.2, 0) is 4.79 Å². The fraction of sp³-hybridized carbons (Fsp3) is 0.250. The molecule has 17 heavy (non-hydrogen) atoms. The Labute approximate surface area is 104 Å². The summed E-state index contributed by atoms with van der Waals surface area (Å²) in [4.78, 5) is 11.2. The molecule has 0 spiro atoms. The second kappa shape index (κ2) is 6.91. The molecule has 92 valence electrons. The first-order chi connectivity index (χ1) is 8.08. The van der Waals surface area contributed by atoms with Gasteiger partial charge in [-0.25, -0.2) is 4.39 Å². The van der Waals surface area contributed by atoms with Gasteiger partial charge in [-0.2, -0.15) is 0 Å². The molecule has 0 unspecified atom stereocenters. The summed E-state index contributed by atoms with van der Waals surface area (Å²) in [6.07, 6.45) is 0.181. The van der Waals surface area contributed by atoms with Crippen molar-refractivity contribution in [2.45, 2.75) is 6.42 Å². The van der Waals surface area contributed by atoms with E-state index in [9.17, 15) is 9.18 Å². The average Bonchev–Trinajstić information content (AvgIpc) is 2.26. The molecule has 0 aliphatic carbocycles. The van der Waals surface area contributed by atoms with Crippen LogP contribution in [0.15, 0.2) is 35.9 Å². The predicted octanol–water partition coefficient (Wildman–Crippen LogP) is 2.46. The molecule has 0 saturated heterocycles. The molecule has 5 heteroatoms. The molecule has 1 N–H and O–H groups in total. The number of halogens is 2. The third kappa shape index (κ3) is 5.92. The Morgan fingerprint density at radius 1 is 1.53 bits per heavy atom. The summed E-state index contributed by atoms with van der Waals surface area (Å²) in [6.45, 7) is 3.86. The highest BCUT2D eigenvalue weighted by Crippen LogP contribution is 2.11. The Morgan fingerprint density at radius 2 is 2.29 bits per heavy atom. The minimum Gasteiger partial charge on any atom is -0.493 e. The van der Waals surface area contributed by atoms with E-state index in [1.807, 2.05) is 0 Å². The number of hydrogen-bond acceptors (Lipinski definition) is 2. The van der Waals surface area contributed by atoms with Crippen LogP contribution in [0, 0.1) is 5.82 Å². The molecule has 1 rings (SSSR count). The predicted molar refractivity (Wildman–Crippen MR) is 64.5 cm³/mol. The molecule has 0 atom stereocenters. The van der Waals surface area contributed by atoms with Crippen LogP contribution in [0.3, 0.4) is 0 Å². The van der Waals surface area contributed by atoms with Crippen LogP contribution in [0.25, 0.3) is 0 Å². The van der Waals surface area contributed by atoms with E-state index in [1.54, 1.807) is 12.1 Å². The molecule has 1 amide bonds. The summed E-state index contributed by atoms with van der Waals surface area (Å²) >= 11 is 5.49. The van der Waals surface area contributed by atoms with Crippen molar-refractivity contribution in [3.8, 4) is 5.75 Å². The van der Waals surface area contributed by atoms with Crippen LogP contribution < -0.4 is 10.1 Å². The van der Waals surface area contributed by atoms with Gasteiger partial charge in [-0.05, 0) is 12.1 Å². The molecule has 1 aromatic carbocycles. The number of ether oxygens (including phenoxy) is 1. The number of carbonyl (C=O) groups is 1. The molecule has 0 heterocycles. The Bertz CT molecular complexity index is 409. The van der Waals surface area contributed by atoms with Crippen molar-refractivity contribution in [3.63, 3.8) is 0 Å². The summed E-state index contributed by atoms with van der Waals surface area (Å²) in [6, 6.07) is 5.76. The number of amides is 1. The summed E-state index contributed by atoms with van der Waals surface area (Å²) in [5, 5.41) is 2.92. The van der Waals surface area contributed by atoms with Gasteiger partial charge in [0.1, 0.15) is 11.6 Å². The van der Waals surface area contributed by atoms with E-state index in [-0.39, 0.29) is 31.3 Å². The summed E-state index contributed by atoms with van der Waals surface area (Å²) in [5.41, 5.74) is 0. The first kappa shape index (κ1) is 13.5. The van der Waals surface area contributed by atoms with Crippen molar-refractivity contribution in [3.05, 3.63) is 41.7 Å². The SMILES string of the molecule is C=C(Cl)CNC(=O)CCOc1cccc(F)c1. The maximum Gasteiger partial charge on any atom is 0.223 e. The van der Waals surface area contributed by atoms with Crippen molar-refractivity contribution < 1.29 is 13.9 Å². The molecule has 0 saturated carbocycles. The van der Waals surface area contributed by atoms with E-state index in [0.717, 1.165) is 0 Å². The zero-order valence-corrected chi connectivity index (χ0v) is 9.97. The van der Waals surface area contributed by atoms with Crippen molar-refractivity contribution >= 4 is 17.5 Å². The van der Waals surface area contributed by atoms with Gasteiger partial charge in [0.15, 0.2) is 0 Å². The largest absolute Gasteiger partial charge is 0.493 e. The standard InChI is InChI=1S/C12H13ClFNO2/c1-9(13)8-15-12(16)5-6-17-11-4-2-3-10(14)7-11/h2-4,7H,1,5-6,8H2,(H,15,16). The first-order valence-electron chi connectivity index (χ1n) is 5.06. The lowest BCUT2D eigenvalue weighted by molar-refractivity contribution is -0.121. The molecule has 0 aromatic heterocycles. The van der Waals surface area contributed by atoms with E-state index in [1.165, 1.54) is 12.1 Å². The Kier molecular flexibility index (Phi) is 5.49. The molecule has 1 aromatic rings. The maximum absolute atomic E-state index is 12.8. The number of rotatable bonds is 6. The van der Waals surface area contributed by atoms with Gasteiger partial charge in [-0.15, -0.1) is 0 Å². The number of hydrogen-bond donors (Lipinski definition) is 1. The van der Waals surface area contributed by atoms with Gasteiger partial charge in [-0.1, -0.05) is 24.2 Å². The second-order valence-corrected chi connectivity index (χ2v) is 3.88. The molecule has 0 aliphatic rings. The molecule has 0 aliphatic heterocycles. The van der Waals surface area contributed by atoms with Crippen molar-refractivity contribution in [2.75, 3.05) is 13.2 Å². The van der Waals surface area contributed by atoms with Gasteiger partial charge in [0, 0.05) is 11.1 Å². The van der Waals surface area contributed by atoms with Crippen molar-refractivity contribution in [1.29, 1.82) is 0 Å². The first-order valence-corrected chi connectivity index (χ1v) is 5.44.